The van der Waals surface area contributed by atoms with Crippen LogP contribution in [0.4, 0.5) is 0 Å². The maximum Gasteiger partial charge on any atom is 0.325 e. The topological polar surface area (TPSA) is 102 Å². The molecule has 1 N–H and O–H groups in total. The third-order valence-electron chi connectivity index (χ3n) is 2.70. The number of hydrogen-bond acceptors (Lipinski definition) is 5. The lowest BCUT2D eigenvalue weighted by Crippen LogP contribution is -2.27. The molecule has 0 aliphatic rings. The van der Waals surface area contributed by atoms with Gasteiger partial charge in [0.25, 0.3) is 5.56 Å². The summed E-state index contributed by atoms with van der Waals surface area (Å²) in [6.45, 7) is -0.487. The van der Waals surface area contributed by atoms with E-state index < -0.39 is 18.1 Å². The van der Waals surface area contributed by atoms with Crippen LogP contribution in [-0.2, 0) is 11.3 Å². The highest BCUT2D eigenvalue weighted by atomic mass is 16.4. The average Bonchev–Trinajstić information content (AvgIpc) is 2.87. The molecule has 0 atom stereocenters. The molecule has 0 aromatic carbocycles. The lowest BCUT2D eigenvalue weighted by Gasteiger charge is -1.99. The van der Waals surface area contributed by atoms with Crippen molar-refractivity contribution in [2.45, 2.75) is 6.54 Å². The van der Waals surface area contributed by atoms with Crippen molar-refractivity contribution in [3.8, 4) is 11.4 Å². The third-order valence-corrected chi connectivity index (χ3v) is 2.70. The van der Waals surface area contributed by atoms with Crippen molar-refractivity contribution in [3.63, 3.8) is 0 Å². The summed E-state index contributed by atoms with van der Waals surface area (Å²) >= 11 is 0. The second kappa shape index (κ2) is 4.57. The molecular formula is C12H9N5O3. The van der Waals surface area contributed by atoms with E-state index in [0.29, 0.717) is 11.4 Å². The highest BCUT2D eigenvalue weighted by Gasteiger charge is 2.11. The first-order valence-electron chi connectivity index (χ1n) is 5.74. The minimum Gasteiger partial charge on any atom is -0.480 e. The van der Waals surface area contributed by atoms with Crippen LogP contribution in [-0.4, -0.2) is 35.5 Å². The van der Waals surface area contributed by atoms with Gasteiger partial charge in [-0.1, -0.05) is 6.07 Å². The average molecular weight is 271 g/mol. The number of carbonyl (C=O) groups is 1. The van der Waals surface area contributed by atoms with Gasteiger partial charge in [0, 0.05) is 6.20 Å². The minimum absolute atomic E-state index is 0.252. The summed E-state index contributed by atoms with van der Waals surface area (Å²) in [5, 5.41) is 16.7. The van der Waals surface area contributed by atoms with Gasteiger partial charge in [-0.15, -0.1) is 0 Å². The van der Waals surface area contributed by atoms with E-state index in [4.69, 9.17) is 5.11 Å². The lowest BCUT2D eigenvalue weighted by atomic mass is 10.3. The number of hydrogen-bond donors (Lipinski definition) is 1. The minimum atomic E-state index is -1.13. The number of aliphatic carboxylic acids is 1. The molecule has 0 aliphatic heterocycles. The van der Waals surface area contributed by atoms with Gasteiger partial charge in [0.2, 0.25) is 0 Å². The maximum absolute atomic E-state index is 12.1. The molecule has 8 nitrogen and oxygen atoms in total. The number of rotatable bonds is 3. The summed E-state index contributed by atoms with van der Waals surface area (Å²) in [6, 6.07) is 6.92. The van der Waals surface area contributed by atoms with Crippen molar-refractivity contribution >= 4 is 11.5 Å². The molecular weight excluding hydrogens is 262 g/mol. The van der Waals surface area contributed by atoms with Crippen LogP contribution in [0.3, 0.4) is 0 Å². The van der Waals surface area contributed by atoms with Gasteiger partial charge in [-0.2, -0.15) is 10.2 Å². The molecule has 0 spiro atoms. The van der Waals surface area contributed by atoms with E-state index in [0.717, 1.165) is 4.68 Å². The molecule has 0 saturated heterocycles. The molecule has 0 aliphatic carbocycles. The first-order valence-corrected chi connectivity index (χ1v) is 5.74. The van der Waals surface area contributed by atoms with Crippen molar-refractivity contribution < 1.29 is 9.90 Å². The molecule has 0 amide bonds. The van der Waals surface area contributed by atoms with Gasteiger partial charge in [-0.3, -0.25) is 14.6 Å². The standard InChI is InChI=1S/C12H9N5O3/c18-11(19)6-16-12(20)10-5-9(15-17(10)7-14-16)8-3-1-2-4-13-8/h1-5,7H,6H2,(H,18,19). The molecule has 0 bridgehead atoms. The Hall–Kier alpha value is -3.03. The first kappa shape index (κ1) is 12.0. The van der Waals surface area contributed by atoms with Crippen LogP contribution in [0.1, 0.15) is 0 Å². The molecule has 0 unspecified atom stereocenters. The Morgan fingerprint density at radius 3 is 2.85 bits per heavy atom. The first-order chi connectivity index (χ1) is 9.65. The third kappa shape index (κ3) is 2.03. The van der Waals surface area contributed by atoms with E-state index in [2.05, 4.69) is 15.2 Å². The van der Waals surface area contributed by atoms with E-state index in [1.54, 1.807) is 24.4 Å². The van der Waals surface area contributed by atoms with Gasteiger partial charge in [0.05, 0.1) is 5.69 Å². The number of carboxylic acids is 1. The van der Waals surface area contributed by atoms with Gasteiger partial charge in [-0.25, -0.2) is 9.20 Å². The van der Waals surface area contributed by atoms with Crippen LogP contribution in [0.5, 0.6) is 0 Å². The molecule has 0 radical (unpaired) electrons. The smallest absolute Gasteiger partial charge is 0.325 e. The molecule has 100 valence electrons. The zero-order chi connectivity index (χ0) is 14.1. The molecule has 8 heteroatoms. The summed E-state index contributed by atoms with van der Waals surface area (Å²) in [5.41, 5.74) is 0.893. The molecule has 20 heavy (non-hydrogen) atoms. The van der Waals surface area contributed by atoms with Gasteiger partial charge < -0.3 is 5.11 Å². The van der Waals surface area contributed by atoms with Crippen molar-refractivity contribution in [1.82, 2.24) is 24.4 Å². The monoisotopic (exact) mass is 271 g/mol. The Bertz CT molecular complexity index is 837. The van der Waals surface area contributed by atoms with Crippen LogP contribution >= 0.6 is 0 Å². The van der Waals surface area contributed by atoms with Crippen molar-refractivity contribution in [2.24, 2.45) is 0 Å². The zero-order valence-corrected chi connectivity index (χ0v) is 10.2. The second-order valence-electron chi connectivity index (χ2n) is 4.06. The van der Waals surface area contributed by atoms with Crippen molar-refractivity contribution in [2.75, 3.05) is 0 Å². The molecule has 3 rings (SSSR count). The SMILES string of the molecule is O=C(O)Cn1ncn2nc(-c3ccccn3)cc2c1=O. The van der Waals surface area contributed by atoms with Gasteiger partial charge in [0.1, 0.15) is 24.1 Å². The Morgan fingerprint density at radius 2 is 2.15 bits per heavy atom. The quantitative estimate of drug-likeness (QED) is 0.721. The lowest BCUT2D eigenvalue weighted by molar-refractivity contribution is -0.138. The number of fused-ring (bicyclic) bond motifs is 1. The van der Waals surface area contributed by atoms with E-state index in [9.17, 15) is 9.59 Å². The Balaban J connectivity index is 2.15. The van der Waals surface area contributed by atoms with Crippen LogP contribution in [0, 0.1) is 0 Å². The Morgan fingerprint density at radius 1 is 1.30 bits per heavy atom. The normalized spacial score (nSPS) is 10.8. The summed E-state index contributed by atoms with van der Waals surface area (Å²) in [6.07, 6.45) is 2.92. The molecule has 0 saturated carbocycles. The van der Waals surface area contributed by atoms with E-state index in [-0.39, 0.29) is 5.52 Å². The van der Waals surface area contributed by atoms with Crippen LogP contribution in [0.15, 0.2) is 41.6 Å². The summed E-state index contributed by atoms with van der Waals surface area (Å²) < 4.78 is 2.19. The molecule has 3 aromatic rings. The van der Waals surface area contributed by atoms with E-state index in [1.165, 1.54) is 10.8 Å². The van der Waals surface area contributed by atoms with E-state index in [1.807, 2.05) is 6.07 Å². The van der Waals surface area contributed by atoms with Crippen LogP contribution in [0.2, 0.25) is 0 Å². The predicted octanol–water partition coefficient (Wildman–Crippen LogP) is 0.0376. The largest absolute Gasteiger partial charge is 0.480 e. The fourth-order valence-electron chi connectivity index (χ4n) is 1.82. The zero-order valence-electron chi connectivity index (χ0n) is 10.2. The second-order valence-corrected chi connectivity index (χ2v) is 4.06. The maximum atomic E-state index is 12.1. The Labute approximate surface area is 111 Å². The summed E-state index contributed by atoms with van der Waals surface area (Å²) in [7, 11) is 0. The Kier molecular flexibility index (Phi) is 2.75. The van der Waals surface area contributed by atoms with Gasteiger partial charge in [0.15, 0.2) is 0 Å². The number of aromatic nitrogens is 5. The summed E-state index contributed by atoms with van der Waals surface area (Å²) in [5.74, 6) is -1.13. The van der Waals surface area contributed by atoms with Crippen LogP contribution < -0.4 is 5.56 Å². The van der Waals surface area contributed by atoms with Gasteiger partial charge >= 0.3 is 5.97 Å². The summed E-state index contributed by atoms with van der Waals surface area (Å²) in [4.78, 5) is 26.9. The number of pyridine rings is 1. The highest BCUT2D eigenvalue weighted by Crippen LogP contribution is 2.14. The van der Waals surface area contributed by atoms with Crippen LogP contribution in [0.25, 0.3) is 16.9 Å². The fourth-order valence-corrected chi connectivity index (χ4v) is 1.82. The van der Waals surface area contributed by atoms with E-state index >= 15 is 0 Å². The molecule has 3 aromatic heterocycles. The molecule has 0 fully saturated rings. The van der Waals surface area contributed by atoms with Gasteiger partial charge in [-0.05, 0) is 18.2 Å². The number of nitrogens with zero attached hydrogens (tertiary/aromatic N) is 5. The van der Waals surface area contributed by atoms with Crippen molar-refractivity contribution in [3.05, 3.63) is 47.1 Å². The predicted molar refractivity (Wildman–Crippen MR) is 68.1 cm³/mol. The highest BCUT2D eigenvalue weighted by molar-refractivity contribution is 5.67. The van der Waals surface area contributed by atoms with Crippen molar-refractivity contribution in [1.29, 1.82) is 0 Å². The molecule has 3 heterocycles. The number of carboxylic acid groups (broad SMARTS) is 1. The fraction of sp³-hybridized carbons (Fsp3) is 0.0833.